The van der Waals surface area contributed by atoms with Gasteiger partial charge in [0.2, 0.25) is 0 Å². The summed E-state index contributed by atoms with van der Waals surface area (Å²) in [6, 6.07) is 10.6. The van der Waals surface area contributed by atoms with Crippen LogP contribution >= 0.6 is 22.6 Å². The molecule has 0 saturated heterocycles. The summed E-state index contributed by atoms with van der Waals surface area (Å²) in [5.74, 6) is 0.203. The lowest BCUT2D eigenvalue weighted by atomic mass is 10.0. The second-order valence-corrected chi connectivity index (χ2v) is 6.82. The molecule has 6 nitrogen and oxygen atoms in total. The number of alkyl halides is 3. The number of hydrogen-bond donors (Lipinski definition) is 1. The van der Waals surface area contributed by atoms with Crippen LogP contribution in [0.4, 0.5) is 14.5 Å². The molecule has 0 aliphatic rings. The number of carbonyl (C=O) groups is 1. The fraction of sp³-hybridized carbons (Fsp3) is 0.105. The minimum atomic E-state index is -3.30. The molecule has 1 amide bonds. The summed E-state index contributed by atoms with van der Waals surface area (Å²) in [6.45, 7) is 0. The smallest absolute Gasteiger partial charge is 0.451 e. The van der Waals surface area contributed by atoms with Gasteiger partial charge in [0.15, 0.2) is 0 Å². The van der Waals surface area contributed by atoms with Gasteiger partial charge in [-0.2, -0.15) is 8.78 Å². The van der Waals surface area contributed by atoms with Gasteiger partial charge in [0, 0.05) is 34.8 Å². The first kappa shape index (κ1) is 19.9. The number of amides is 1. The highest BCUT2D eigenvalue weighted by Gasteiger charge is 2.26. The van der Waals surface area contributed by atoms with Crippen LogP contribution in [-0.4, -0.2) is 27.1 Å². The summed E-state index contributed by atoms with van der Waals surface area (Å²) in [7, 11) is 1.53. The van der Waals surface area contributed by atoms with Crippen molar-refractivity contribution in [3.05, 3.63) is 66.7 Å². The Balaban J connectivity index is 1.79. The van der Waals surface area contributed by atoms with Crippen molar-refractivity contribution in [2.45, 2.75) is 4.12 Å². The van der Waals surface area contributed by atoms with Crippen LogP contribution in [0.25, 0.3) is 11.1 Å². The molecule has 0 bridgehead atoms. The fourth-order valence-electron chi connectivity index (χ4n) is 2.46. The topological polar surface area (TPSA) is 73.3 Å². The highest BCUT2D eigenvalue weighted by molar-refractivity contribution is 14.1. The average molecular weight is 497 g/mol. The first-order valence-electron chi connectivity index (χ1n) is 7.96. The second-order valence-electron chi connectivity index (χ2n) is 5.57. The van der Waals surface area contributed by atoms with Crippen LogP contribution < -0.4 is 14.8 Å². The van der Waals surface area contributed by atoms with E-state index >= 15 is 0 Å². The Morgan fingerprint density at radius 3 is 2.39 bits per heavy atom. The third-order valence-corrected chi connectivity index (χ3v) is 3.90. The van der Waals surface area contributed by atoms with Crippen LogP contribution in [0.3, 0.4) is 0 Å². The first-order chi connectivity index (χ1) is 13.4. The van der Waals surface area contributed by atoms with E-state index in [1.54, 1.807) is 30.6 Å². The van der Waals surface area contributed by atoms with Crippen molar-refractivity contribution in [3.8, 4) is 22.6 Å². The number of hydrogen-bond acceptors (Lipinski definition) is 5. The molecule has 0 spiro atoms. The number of nitrogens with zero attached hydrogens (tertiary/aromatic N) is 2. The van der Waals surface area contributed by atoms with Gasteiger partial charge in [-0.1, -0.05) is 0 Å². The summed E-state index contributed by atoms with van der Waals surface area (Å²) in [4.78, 5) is 20.5. The van der Waals surface area contributed by atoms with E-state index in [-0.39, 0.29) is 11.7 Å². The van der Waals surface area contributed by atoms with Crippen LogP contribution in [-0.2, 0) is 0 Å². The van der Waals surface area contributed by atoms with Gasteiger partial charge in [0.05, 0.1) is 29.7 Å². The van der Waals surface area contributed by atoms with E-state index in [2.05, 4.69) is 20.0 Å². The molecule has 0 unspecified atom stereocenters. The molecule has 1 aromatic heterocycles. The maximum Gasteiger partial charge on any atom is 0.451 e. The predicted octanol–water partition coefficient (Wildman–Crippen LogP) is 4.77. The van der Waals surface area contributed by atoms with Crippen LogP contribution in [0, 0.1) is 0 Å². The molecule has 0 radical (unpaired) electrons. The molecule has 3 aromatic rings. The second kappa shape index (κ2) is 8.46. The molecule has 0 fully saturated rings. The number of methoxy groups -OCH3 is 1. The summed E-state index contributed by atoms with van der Waals surface area (Å²) >= 11 is 0.885. The molecule has 3 rings (SSSR count). The lowest BCUT2D eigenvalue weighted by Crippen LogP contribution is -2.15. The number of nitrogens with one attached hydrogen (secondary N) is 1. The summed E-state index contributed by atoms with van der Waals surface area (Å²) in [6.07, 6.45) is 4.65. The van der Waals surface area contributed by atoms with E-state index in [0.717, 1.165) is 22.6 Å². The fourth-order valence-corrected chi connectivity index (χ4v) is 2.71. The average Bonchev–Trinajstić information content (AvgIpc) is 2.68. The van der Waals surface area contributed by atoms with Crippen molar-refractivity contribution in [3.63, 3.8) is 0 Å². The Morgan fingerprint density at radius 1 is 1.11 bits per heavy atom. The largest absolute Gasteiger partial charge is 0.496 e. The summed E-state index contributed by atoms with van der Waals surface area (Å²) in [5.41, 5.74) is 2.20. The van der Waals surface area contributed by atoms with Crippen LogP contribution in [0.1, 0.15) is 10.4 Å². The van der Waals surface area contributed by atoms with Crippen molar-refractivity contribution < 1.29 is 23.0 Å². The molecular formula is C19H14F2IN3O3. The van der Waals surface area contributed by atoms with Crippen molar-refractivity contribution in [1.29, 1.82) is 0 Å². The molecule has 28 heavy (non-hydrogen) atoms. The molecular weight excluding hydrogens is 483 g/mol. The lowest BCUT2D eigenvalue weighted by molar-refractivity contribution is -0.0691. The van der Waals surface area contributed by atoms with Crippen LogP contribution in [0.15, 0.2) is 61.2 Å². The number of anilines is 1. The van der Waals surface area contributed by atoms with Gasteiger partial charge in [-0.25, -0.2) is 9.97 Å². The Bertz CT molecular complexity index is 964. The maximum atomic E-state index is 12.9. The Kier molecular flexibility index (Phi) is 6.02. The molecule has 1 N–H and O–H groups in total. The van der Waals surface area contributed by atoms with Crippen molar-refractivity contribution in [2.75, 3.05) is 12.4 Å². The Labute approximate surface area is 173 Å². The van der Waals surface area contributed by atoms with E-state index in [9.17, 15) is 13.6 Å². The quantitative estimate of drug-likeness (QED) is 0.393. The third-order valence-electron chi connectivity index (χ3n) is 3.68. The standard InChI is InChI=1S/C19H14F2IN3O3/c1-27-17-7-2-12(8-16(17)13-9-23-11-24-10-13)18(26)25-14-3-5-15(6-4-14)28-19(20,21)22/h2-11H,1H3,(H,25,26). The monoisotopic (exact) mass is 497 g/mol. The molecule has 0 atom stereocenters. The first-order valence-corrected chi connectivity index (χ1v) is 9.04. The normalized spacial score (nSPS) is 11.0. The summed E-state index contributed by atoms with van der Waals surface area (Å²) < 4.78 is 32.2. The van der Waals surface area contributed by atoms with Crippen molar-refractivity contribution >= 4 is 34.2 Å². The third kappa shape index (κ3) is 5.12. The van der Waals surface area contributed by atoms with Gasteiger partial charge in [0.1, 0.15) is 17.8 Å². The van der Waals surface area contributed by atoms with E-state index in [1.165, 1.54) is 37.7 Å². The number of carbonyl (C=O) groups excluding carboxylic acids is 1. The van der Waals surface area contributed by atoms with Gasteiger partial charge in [0.25, 0.3) is 5.91 Å². The lowest BCUT2D eigenvalue weighted by Gasteiger charge is -2.13. The summed E-state index contributed by atoms with van der Waals surface area (Å²) in [5, 5.41) is 2.71. The van der Waals surface area contributed by atoms with Gasteiger partial charge < -0.3 is 14.8 Å². The maximum absolute atomic E-state index is 12.9. The molecule has 1 heterocycles. The molecule has 0 aliphatic carbocycles. The van der Waals surface area contributed by atoms with Crippen molar-refractivity contribution in [2.24, 2.45) is 0 Å². The number of ether oxygens (including phenoxy) is 2. The van der Waals surface area contributed by atoms with Crippen LogP contribution in [0.5, 0.6) is 11.5 Å². The molecule has 0 saturated carbocycles. The minimum absolute atomic E-state index is 0.00629. The molecule has 0 aliphatic heterocycles. The van der Waals surface area contributed by atoms with Gasteiger partial charge in [-0.05, 0) is 42.5 Å². The number of benzene rings is 2. The molecule has 2 aromatic carbocycles. The van der Waals surface area contributed by atoms with Gasteiger partial charge in [-0.3, -0.25) is 4.79 Å². The van der Waals surface area contributed by atoms with Gasteiger partial charge in [-0.15, -0.1) is 0 Å². The van der Waals surface area contributed by atoms with Crippen molar-refractivity contribution in [1.82, 2.24) is 9.97 Å². The Hall–Kier alpha value is -2.82. The van der Waals surface area contributed by atoms with E-state index in [4.69, 9.17) is 4.74 Å². The molecule has 144 valence electrons. The number of halogens is 3. The Morgan fingerprint density at radius 2 is 1.79 bits per heavy atom. The number of rotatable bonds is 6. The SMILES string of the molecule is COc1ccc(C(=O)Nc2ccc(OC(F)(F)I)cc2)cc1-c1cncnc1. The van der Waals surface area contributed by atoms with Crippen LogP contribution in [0.2, 0.25) is 0 Å². The zero-order valence-corrected chi connectivity index (χ0v) is 16.7. The predicted molar refractivity (Wildman–Crippen MR) is 108 cm³/mol. The highest BCUT2D eigenvalue weighted by Crippen LogP contribution is 2.31. The minimum Gasteiger partial charge on any atom is -0.496 e. The van der Waals surface area contributed by atoms with Gasteiger partial charge >= 0.3 is 4.12 Å². The van der Waals surface area contributed by atoms with E-state index in [1.807, 2.05) is 0 Å². The van der Waals surface area contributed by atoms with E-state index < -0.39 is 4.12 Å². The molecule has 9 heteroatoms. The highest BCUT2D eigenvalue weighted by atomic mass is 127. The number of aromatic nitrogens is 2. The zero-order chi connectivity index (χ0) is 20.1. The zero-order valence-electron chi connectivity index (χ0n) is 14.5. The van der Waals surface area contributed by atoms with E-state index in [0.29, 0.717) is 28.1 Å².